The van der Waals surface area contributed by atoms with Crippen LogP contribution < -0.4 is 0 Å². The molecule has 1 saturated carbocycles. The number of rotatable bonds is 5. The monoisotopic (exact) mass is 269 g/mol. The molecule has 1 aliphatic rings. The van der Waals surface area contributed by atoms with Crippen molar-refractivity contribution in [1.29, 1.82) is 0 Å². The van der Waals surface area contributed by atoms with Gasteiger partial charge in [0.05, 0.1) is 0 Å². The van der Waals surface area contributed by atoms with Crippen LogP contribution in [0.3, 0.4) is 0 Å². The Morgan fingerprint density at radius 2 is 2.05 bits per heavy atom. The first kappa shape index (κ1) is 10.8. The molecule has 0 radical (unpaired) electrons. The van der Waals surface area contributed by atoms with E-state index >= 15 is 0 Å². The Morgan fingerprint density at radius 3 is 2.74 bits per heavy atom. The molecule has 2 rings (SSSR count). The summed E-state index contributed by atoms with van der Waals surface area (Å²) in [4.78, 5) is 0. The van der Waals surface area contributed by atoms with Gasteiger partial charge in [-0.15, -0.1) is 0 Å². The second-order valence-corrected chi connectivity index (χ2v) is 5.39. The standard InChI is InChI=1S/C17H24F2/c1-2-3-4-5-13-6-8-14(9-7-13)15-10-11-16(18)17(19)12-15/h10-14H,2-9H2,1H3/t13-,14?/i8D,9D2/t8-,13-,14?/m1/s1. The van der Waals surface area contributed by atoms with Gasteiger partial charge < -0.3 is 0 Å². The summed E-state index contributed by atoms with van der Waals surface area (Å²) in [6, 6.07) is 3.50. The van der Waals surface area contributed by atoms with Gasteiger partial charge in [-0.25, -0.2) is 8.78 Å². The molecule has 0 nitrogen and oxygen atoms in total. The van der Waals surface area contributed by atoms with E-state index < -0.39 is 30.3 Å². The first-order chi connectivity index (χ1) is 10.3. The van der Waals surface area contributed by atoms with E-state index in [0.717, 1.165) is 37.8 Å². The van der Waals surface area contributed by atoms with Crippen LogP contribution in [0.2, 0.25) is 0 Å². The molecule has 1 aromatic carbocycles. The minimum absolute atomic E-state index is 0.214. The summed E-state index contributed by atoms with van der Waals surface area (Å²) >= 11 is 0. The number of benzene rings is 1. The Morgan fingerprint density at radius 1 is 1.21 bits per heavy atom. The van der Waals surface area contributed by atoms with Gasteiger partial charge in [0.25, 0.3) is 0 Å². The predicted octanol–water partition coefficient (Wildman–Crippen LogP) is 5.82. The molecule has 0 heterocycles. The van der Waals surface area contributed by atoms with Gasteiger partial charge in [-0.2, -0.15) is 0 Å². The van der Waals surface area contributed by atoms with Crippen LogP contribution in [0.15, 0.2) is 18.2 Å². The summed E-state index contributed by atoms with van der Waals surface area (Å²) in [7, 11) is 0. The predicted molar refractivity (Wildman–Crippen MR) is 75.2 cm³/mol. The van der Waals surface area contributed by atoms with Crippen LogP contribution >= 0.6 is 0 Å². The Kier molecular flexibility index (Phi) is 4.00. The molecule has 0 N–H and O–H groups in total. The molecule has 0 saturated heterocycles. The maximum Gasteiger partial charge on any atom is 0.159 e. The first-order valence-corrected chi connectivity index (χ1v) is 7.22. The molecule has 19 heavy (non-hydrogen) atoms. The van der Waals surface area contributed by atoms with Gasteiger partial charge in [0.2, 0.25) is 0 Å². The van der Waals surface area contributed by atoms with E-state index in [1.165, 1.54) is 6.07 Å². The normalized spacial score (nSPS) is 32.4. The average Bonchev–Trinajstić information content (AvgIpc) is 2.41. The van der Waals surface area contributed by atoms with Crippen molar-refractivity contribution >= 4 is 0 Å². The van der Waals surface area contributed by atoms with Crippen LogP contribution in [0, 0.1) is 17.6 Å². The number of hydrogen-bond acceptors (Lipinski definition) is 0. The molecule has 1 aliphatic carbocycles. The lowest BCUT2D eigenvalue weighted by Gasteiger charge is -2.28. The minimum atomic E-state index is -1.55. The zero-order valence-electron chi connectivity index (χ0n) is 14.5. The fraction of sp³-hybridized carbons (Fsp3) is 0.647. The quantitative estimate of drug-likeness (QED) is 0.591. The second-order valence-electron chi connectivity index (χ2n) is 5.39. The molecular weight excluding hydrogens is 242 g/mol. The van der Waals surface area contributed by atoms with Crippen molar-refractivity contribution in [2.75, 3.05) is 0 Å². The third-order valence-electron chi connectivity index (χ3n) is 3.85. The summed E-state index contributed by atoms with van der Waals surface area (Å²) in [5.41, 5.74) is 0.399. The summed E-state index contributed by atoms with van der Waals surface area (Å²) in [6.07, 6.45) is 3.15. The lowest BCUT2D eigenvalue weighted by Crippen LogP contribution is -2.13. The molecule has 3 atom stereocenters. The van der Waals surface area contributed by atoms with Crippen LogP contribution in [-0.4, -0.2) is 0 Å². The maximum absolute atomic E-state index is 13.4. The SMILES string of the molecule is [2H][C@@H]1C[C@@H](CCCCC)CC([2H])([2H])C1c1ccc(F)c(F)c1. The zero-order chi connectivity index (χ0) is 16.3. The van der Waals surface area contributed by atoms with E-state index in [-0.39, 0.29) is 5.92 Å². The maximum atomic E-state index is 13.4. The molecule has 1 fully saturated rings. The van der Waals surface area contributed by atoms with Gasteiger partial charge in [0, 0.05) is 4.11 Å². The summed E-state index contributed by atoms with van der Waals surface area (Å²) in [5, 5.41) is 0. The van der Waals surface area contributed by atoms with Gasteiger partial charge in [-0.1, -0.05) is 38.7 Å². The molecular formula is C17H24F2. The van der Waals surface area contributed by atoms with E-state index in [9.17, 15) is 8.78 Å². The third-order valence-corrected chi connectivity index (χ3v) is 3.85. The highest BCUT2D eigenvalue weighted by Crippen LogP contribution is 2.38. The van der Waals surface area contributed by atoms with E-state index in [1.807, 2.05) is 0 Å². The van der Waals surface area contributed by atoms with Crippen LogP contribution in [0.5, 0.6) is 0 Å². The minimum Gasteiger partial charge on any atom is -0.204 e. The molecule has 0 amide bonds. The number of unbranched alkanes of at least 4 members (excludes halogenated alkanes) is 2. The van der Waals surface area contributed by atoms with Gasteiger partial charge >= 0.3 is 0 Å². The van der Waals surface area contributed by atoms with Crippen LogP contribution in [0.1, 0.15) is 73.8 Å². The third kappa shape index (κ3) is 4.02. The second kappa shape index (κ2) is 7.02. The van der Waals surface area contributed by atoms with Crippen molar-refractivity contribution in [3.8, 4) is 0 Å². The van der Waals surface area contributed by atoms with Crippen molar-refractivity contribution < 1.29 is 12.9 Å². The molecule has 2 heteroatoms. The topological polar surface area (TPSA) is 0 Å². The zero-order valence-corrected chi connectivity index (χ0v) is 11.5. The van der Waals surface area contributed by atoms with Gasteiger partial charge in [-0.05, 0) is 55.1 Å². The molecule has 106 valence electrons. The number of halogens is 2. The lowest BCUT2D eigenvalue weighted by molar-refractivity contribution is 0.302. The molecule has 0 bridgehead atoms. The molecule has 0 spiro atoms. The Bertz CT molecular complexity index is 505. The Labute approximate surface area is 119 Å². The van der Waals surface area contributed by atoms with E-state index in [4.69, 9.17) is 4.11 Å². The van der Waals surface area contributed by atoms with Crippen LogP contribution in [0.4, 0.5) is 8.78 Å². The molecule has 0 aromatic heterocycles. The Balaban J connectivity index is 2.14. The van der Waals surface area contributed by atoms with E-state index in [0.29, 0.717) is 18.4 Å². The van der Waals surface area contributed by atoms with Crippen LogP contribution in [0.25, 0.3) is 0 Å². The summed E-state index contributed by atoms with van der Waals surface area (Å²) in [6.45, 7) is 2.13. The molecule has 1 unspecified atom stereocenters. The van der Waals surface area contributed by atoms with Crippen molar-refractivity contribution in [2.45, 2.75) is 64.1 Å². The number of hydrogen-bond donors (Lipinski definition) is 0. The summed E-state index contributed by atoms with van der Waals surface area (Å²) in [5.74, 6) is -2.37. The van der Waals surface area contributed by atoms with Crippen molar-refractivity contribution in [3.05, 3.63) is 35.4 Å². The van der Waals surface area contributed by atoms with Gasteiger partial charge in [-0.3, -0.25) is 0 Å². The van der Waals surface area contributed by atoms with Gasteiger partial charge in [0.15, 0.2) is 11.6 Å². The van der Waals surface area contributed by atoms with E-state index in [1.54, 1.807) is 0 Å². The smallest absolute Gasteiger partial charge is 0.159 e. The summed E-state index contributed by atoms with van der Waals surface area (Å²) < 4.78 is 51.4. The van der Waals surface area contributed by atoms with Crippen molar-refractivity contribution in [3.63, 3.8) is 0 Å². The average molecular weight is 269 g/mol. The highest BCUT2D eigenvalue weighted by atomic mass is 19.2. The lowest BCUT2D eigenvalue weighted by atomic mass is 9.77. The fourth-order valence-electron chi connectivity index (χ4n) is 2.65. The highest BCUT2D eigenvalue weighted by molar-refractivity contribution is 5.22. The largest absolute Gasteiger partial charge is 0.204 e. The Hall–Kier alpha value is -0.920. The van der Waals surface area contributed by atoms with Crippen molar-refractivity contribution in [1.82, 2.24) is 0 Å². The highest BCUT2D eigenvalue weighted by Gasteiger charge is 2.22. The van der Waals surface area contributed by atoms with Crippen molar-refractivity contribution in [2.24, 2.45) is 5.92 Å². The van der Waals surface area contributed by atoms with Crippen LogP contribution in [-0.2, 0) is 0 Å². The van der Waals surface area contributed by atoms with Gasteiger partial charge in [0.1, 0.15) is 0 Å². The van der Waals surface area contributed by atoms with E-state index in [2.05, 4.69) is 6.92 Å². The fourth-order valence-corrected chi connectivity index (χ4v) is 2.65. The molecule has 0 aliphatic heterocycles. The molecule has 1 aromatic rings. The first-order valence-electron chi connectivity index (χ1n) is 8.80.